The van der Waals surface area contributed by atoms with E-state index in [-0.39, 0.29) is 12.2 Å². The second-order valence-corrected chi connectivity index (χ2v) is 6.00. The summed E-state index contributed by atoms with van der Waals surface area (Å²) in [6.45, 7) is 3.54. The van der Waals surface area contributed by atoms with Crippen LogP contribution in [-0.2, 0) is 9.59 Å². The first kappa shape index (κ1) is 13.9. The number of Topliss-reactive ketones (excluding diaryl/α,β-unsaturated/α-hetero) is 3. The molecule has 1 aliphatic rings. The van der Waals surface area contributed by atoms with E-state index in [0.29, 0.717) is 5.56 Å². The molecule has 0 saturated heterocycles. The van der Waals surface area contributed by atoms with Crippen LogP contribution >= 0.6 is 11.6 Å². The Morgan fingerprint density at radius 3 is 2.37 bits per heavy atom. The van der Waals surface area contributed by atoms with Crippen LogP contribution in [0.2, 0.25) is 0 Å². The standard InChI is InChI=1S/C15H15ClO3/c1-15(2)8-10(17)11(13(19)14(15)16)12(18)9-6-4-3-5-7-9/h3-7,11,14H,8H2,1-2H3/t11-,14-/m1/s1. The van der Waals surface area contributed by atoms with E-state index in [2.05, 4.69) is 0 Å². The van der Waals surface area contributed by atoms with E-state index in [1.807, 2.05) is 0 Å². The summed E-state index contributed by atoms with van der Waals surface area (Å²) in [6.07, 6.45) is 0.149. The number of ketones is 3. The third kappa shape index (κ3) is 2.47. The number of hydrogen-bond donors (Lipinski definition) is 0. The lowest BCUT2D eigenvalue weighted by atomic mass is 9.69. The van der Waals surface area contributed by atoms with E-state index < -0.39 is 28.3 Å². The van der Waals surface area contributed by atoms with Crippen molar-refractivity contribution in [3.63, 3.8) is 0 Å². The smallest absolute Gasteiger partial charge is 0.180 e. The Hall–Kier alpha value is -1.48. The van der Waals surface area contributed by atoms with Gasteiger partial charge in [0.25, 0.3) is 0 Å². The van der Waals surface area contributed by atoms with Crippen molar-refractivity contribution >= 4 is 29.0 Å². The Bertz CT molecular complexity index is 534. The first-order chi connectivity index (χ1) is 8.84. The maximum absolute atomic E-state index is 12.3. The van der Waals surface area contributed by atoms with Crippen molar-refractivity contribution < 1.29 is 14.4 Å². The molecule has 0 spiro atoms. The Morgan fingerprint density at radius 2 is 1.79 bits per heavy atom. The topological polar surface area (TPSA) is 51.2 Å². The molecule has 100 valence electrons. The maximum Gasteiger partial charge on any atom is 0.180 e. The van der Waals surface area contributed by atoms with Crippen molar-refractivity contribution in [1.82, 2.24) is 0 Å². The summed E-state index contributed by atoms with van der Waals surface area (Å²) in [5.41, 5.74) is -0.221. The van der Waals surface area contributed by atoms with Gasteiger partial charge in [-0.25, -0.2) is 0 Å². The van der Waals surface area contributed by atoms with Gasteiger partial charge >= 0.3 is 0 Å². The largest absolute Gasteiger partial charge is 0.298 e. The average molecular weight is 279 g/mol. The summed E-state index contributed by atoms with van der Waals surface area (Å²) >= 11 is 6.10. The summed E-state index contributed by atoms with van der Waals surface area (Å²) < 4.78 is 0. The number of hydrogen-bond acceptors (Lipinski definition) is 3. The molecule has 1 aliphatic carbocycles. The molecule has 4 heteroatoms. The van der Waals surface area contributed by atoms with Crippen LogP contribution in [0, 0.1) is 11.3 Å². The molecular weight excluding hydrogens is 264 g/mol. The molecule has 0 N–H and O–H groups in total. The minimum atomic E-state index is -1.24. The lowest BCUT2D eigenvalue weighted by molar-refractivity contribution is -0.136. The Kier molecular flexibility index (Phi) is 3.59. The molecule has 0 bridgehead atoms. The molecule has 0 radical (unpaired) electrons. The van der Waals surface area contributed by atoms with E-state index in [1.165, 1.54) is 0 Å². The highest BCUT2D eigenvalue weighted by molar-refractivity contribution is 6.39. The number of benzene rings is 1. The quantitative estimate of drug-likeness (QED) is 0.475. The van der Waals surface area contributed by atoms with Gasteiger partial charge in [-0.15, -0.1) is 11.6 Å². The lowest BCUT2D eigenvalue weighted by Gasteiger charge is -2.35. The number of alkyl halides is 1. The second-order valence-electron chi connectivity index (χ2n) is 5.56. The molecule has 19 heavy (non-hydrogen) atoms. The fraction of sp³-hybridized carbons (Fsp3) is 0.400. The van der Waals surface area contributed by atoms with E-state index in [0.717, 1.165) is 0 Å². The van der Waals surface area contributed by atoms with Gasteiger partial charge in [0.2, 0.25) is 0 Å². The Morgan fingerprint density at radius 1 is 1.21 bits per heavy atom. The predicted molar refractivity (Wildman–Crippen MR) is 72.3 cm³/mol. The van der Waals surface area contributed by atoms with Gasteiger partial charge in [-0.3, -0.25) is 14.4 Å². The SMILES string of the molecule is CC1(C)CC(=O)[C@H](C(=O)c2ccccc2)C(=O)[C@H]1Cl. The summed E-state index contributed by atoms with van der Waals surface area (Å²) in [6, 6.07) is 8.38. The summed E-state index contributed by atoms with van der Waals surface area (Å²) in [5, 5.41) is -0.803. The molecule has 1 aromatic rings. The van der Waals surface area contributed by atoms with Crippen molar-refractivity contribution in [2.45, 2.75) is 25.6 Å². The van der Waals surface area contributed by atoms with Crippen molar-refractivity contribution in [2.75, 3.05) is 0 Å². The lowest BCUT2D eigenvalue weighted by Crippen LogP contribution is -2.49. The summed E-state index contributed by atoms with van der Waals surface area (Å²) in [7, 11) is 0. The molecule has 2 rings (SSSR count). The highest BCUT2D eigenvalue weighted by Gasteiger charge is 2.49. The Balaban J connectivity index is 2.33. The molecule has 0 aromatic heterocycles. The van der Waals surface area contributed by atoms with Crippen molar-refractivity contribution in [1.29, 1.82) is 0 Å². The van der Waals surface area contributed by atoms with Crippen LogP contribution in [0.1, 0.15) is 30.6 Å². The number of halogens is 1. The zero-order valence-electron chi connectivity index (χ0n) is 10.9. The molecular formula is C15H15ClO3. The monoisotopic (exact) mass is 278 g/mol. The van der Waals surface area contributed by atoms with Gasteiger partial charge in [0.15, 0.2) is 17.3 Å². The van der Waals surface area contributed by atoms with Gasteiger partial charge < -0.3 is 0 Å². The molecule has 0 unspecified atom stereocenters. The second kappa shape index (κ2) is 4.89. The zero-order valence-corrected chi connectivity index (χ0v) is 11.6. The first-order valence-electron chi connectivity index (χ1n) is 6.14. The van der Waals surface area contributed by atoms with Crippen LogP contribution in [0.25, 0.3) is 0 Å². The van der Waals surface area contributed by atoms with Gasteiger partial charge in [-0.2, -0.15) is 0 Å². The fourth-order valence-electron chi connectivity index (χ4n) is 2.38. The molecule has 0 heterocycles. The van der Waals surface area contributed by atoms with Crippen LogP contribution < -0.4 is 0 Å². The minimum Gasteiger partial charge on any atom is -0.298 e. The number of rotatable bonds is 2. The molecule has 0 amide bonds. The van der Waals surface area contributed by atoms with Gasteiger partial charge in [0.05, 0.1) is 5.38 Å². The van der Waals surface area contributed by atoms with Crippen LogP contribution in [0.5, 0.6) is 0 Å². The van der Waals surface area contributed by atoms with Crippen molar-refractivity contribution in [2.24, 2.45) is 11.3 Å². The van der Waals surface area contributed by atoms with Crippen LogP contribution in [0.3, 0.4) is 0 Å². The zero-order chi connectivity index (χ0) is 14.2. The van der Waals surface area contributed by atoms with Gasteiger partial charge in [-0.05, 0) is 5.41 Å². The van der Waals surface area contributed by atoms with Crippen molar-refractivity contribution in [3.05, 3.63) is 35.9 Å². The molecule has 1 fully saturated rings. The Labute approximate surface area is 116 Å². The number of carbonyl (C=O) groups is 3. The minimum absolute atomic E-state index is 0.149. The maximum atomic E-state index is 12.3. The predicted octanol–water partition coefficient (Wildman–Crippen LogP) is 2.66. The molecule has 3 nitrogen and oxygen atoms in total. The van der Waals surface area contributed by atoms with Gasteiger partial charge in [-0.1, -0.05) is 44.2 Å². The summed E-state index contributed by atoms with van der Waals surface area (Å²) in [4.78, 5) is 36.5. The first-order valence-corrected chi connectivity index (χ1v) is 6.58. The number of carbonyl (C=O) groups excluding carboxylic acids is 3. The van der Waals surface area contributed by atoms with E-state index in [9.17, 15) is 14.4 Å². The molecule has 1 aromatic carbocycles. The van der Waals surface area contributed by atoms with Gasteiger partial charge in [0, 0.05) is 12.0 Å². The third-order valence-corrected chi connectivity index (χ3v) is 4.30. The van der Waals surface area contributed by atoms with Crippen LogP contribution in [-0.4, -0.2) is 22.7 Å². The highest BCUT2D eigenvalue weighted by atomic mass is 35.5. The summed E-state index contributed by atoms with van der Waals surface area (Å²) in [5.74, 6) is -2.49. The average Bonchev–Trinajstić information content (AvgIpc) is 2.36. The van der Waals surface area contributed by atoms with Crippen LogP contribution in [0.4, 0.5) is 0 Å². The molecule has 1 saturated carbocycles. The third-order valence-electron chi connectivity index (χ3n) is 3.49. The van der Waals surface area contributed by atoms with E-state index >= 15 is 0 Å². The van der Waals surface area contributed by atoms with E-state index in [1.54, 1.807) is 44.2 Å². The normalized spacial score (nSPS) is 26.3. The van der Waals surface area contributed by atoms with Crippen LogP contribution in [0.15, 0.2) is 30.3 Å². The molecule has 2 atom stereocenters. The highest BCUT2D eigenvalue weighted by Crippen LogP contribution is 2.38. The van der Waals surface area contributed by atoms with Gasteiger partial charge in [0.1, 0.15) is 5.92 Å². The van der Waals surface area contributed by atoms with Crippen molar-refractivity contribution in [3.8, 4) is 0 Å². The molecule has 0 aliphatic heterocycles. The van der Waals surface area contributed by atoms with E-state index in [4.69, 9.17) is 11.6 Å². The fourth-order valence-corrected chi connectivity index (χ4v) is 2.58.